The van der Waals surface area contributed by atoms with Gasteiger partial charge in [0.2, 0.25) is 0 Å². The van der Waals surface area contributed by atoms with Crippen LogP contribution in [0, 0.1) is 5.41 Å². The van der Waals surface area contributed by atoms with Gasteiger partial charge in [0.25, 0.3) is 0 Å². The van der Waals surface area contributed by atoms with E-state index in [0.717, 1.165) is 36.2 Å². The summed E-state index contributed by atoms with van der Waals surface area (Å²) in [5, 5.41) is 3.82. The molecule has 2 heterocycles. The van der Waals surface area contributed by atoms with Crippen molar-refractivity contribution in [3.05, 3.63) is 22.8 Å². The van der Waals surface area contributed by atoms with E-state index in [1.807, 2.05) is 19.2 Å². The van der Waals surface area contributed by atoms with Crippen LogP contribution in [-0.2, 0) is 6.54 Å². The molecule has 4 heteroatoms. The van der Waals surface area contributed by atoms with Crippen molar-refractivity contribution in [3.63, 3.8) is 0 Å². The summed E-state index contributed by atoms with van der Waals surface area (Å²) in [7, 11) is 1.88. The fourth-order valence-corrected chi connectivity index (χ4v) is 2.79. The Morgan fingerprint density at radius 3 is 2.89 bits per heavy atom. The van der Waals surface area contributed by atoms with E-state index < -0.39 is 0 Å². The van der Waals surface area contributed by atoms with Crippen LogP contribution in [0.5, 0.6) is 0 Å². The molecule has 0 spiro atoms. The minimum atomic E-state index is 0.408. The number of aromatic nitrogens is 1. The summed E-state index contributed by atoms with van der Waals surface area (Å²) in [4.78, 5) is 7.00. The maximum absolute atomic E-state index is 6.23. The summed E-state index contributed by atoms with van der Waals surface area (Å²) in [6, 6.07) is 3.83. The Kier molecular flexibility index (Phi) is 4.13. The number of hydrogen-bond donors (Lipinski definition) is 1. The monoisotopic (exact) mass is 267 g/mol. The van der Waals surface area contributed by atoms with Crippen molar-refractivity contribution in [2.24, 2.45) is 5.41 Å². The van der Waals surface area contributed by atoms with Crippen LogP contribution in [0.25, 0.3) is 0 Å². The molecule has 0 saturated carbocycles. The topological polar surface area (TPSA) is 28.2 Å². The molecule has 0 radical (unpaired) electrons. The van der Waals surface area contributed by atoms with E-state index in [2.05, 4.69) is 29.0 Å². The Labute approximate surface area is 115 Å². The lowest BCUT2D eigenvalue weighted by atomic mass is 9.84. The predicted molar refractivity (Wildman–Crippen MR) is 77.1 cm³/mol. The third-order valence-corrected chi connectivity index (χ3v) is 3.87. The second-order valence-corrected chi connectivity index (χ2v) is 6.26. The van der Waals surface area contributed by atoms with Gasteiger partial charge in [-0.1, -0.05) is 25.4 Å². The highest BCUT2D eigenvalue weighted by molar-refractivity contribution is 6.31. The SMILES string of the molecule is CNc1ccc(Cl)c(CN2CCCC(C)(C)C2)n1. The van der Waals surface area contributed by atoms with E-state index in [1.165, 1.54) is 12.8 Å². The second-order valence-electron chi connectivity index (χ2n) is 5.85. The Bertz CT molecular complexity index is 418. The quantitative estimate of drug-likeness (QED) is 0.910. The van der Waals surface area contributed by atoms with E-state index in [1.54, 1.807) is 0 Å². The molecule has 0 aliphatic carbocycles. The molecule has 1 aliphatic rings. The summed E-state index contributed by atoms with van der Waals surface area (Å²) < 4.78 is 0. The van der Waals surface area contributed by atoms with Crippen LogP contribution < -0.4 is 5.32 Å². The smallest absolute Gasteiger partial charge is 0.126 e. The highest BCUT2D eigenvalue weighted by atomic mass is 35.5. The molecule has 2 rings (SSSR count). The number of pyridine rings is 1. The lowest BCUT2D eigenvalue weighted by Crippen LogP contribution is -2.39. The molecule has 3 nitrogen and oxygen atoms in total. The van der Waals surface area contributed by atoms with Crippen LogP contribution in [0.2, 0.25) is 5.02 Å². The molecule has 1 saturated heterocycles. The van der Waals surface area contributed by atoms with E-state index in [0.29, 0.717) is 5.41 Å². The zero-order valence-corrected chi connectivity index (χ0v) is 12.2. The Balaban J connectivity index is 2.09. The van der Waals surface area contributed by atoms with Gasteiger partial charge in [0.1, 0.15) is 5.82 Å². The summed E-state index contributed by atoms with van der Waals surface area (Å²) in [5.41, 5.74) is 1.38. The maximum Gasteiger partial charge on any atom is 0.126 e. The first-order valence-electron chi connectivity index (χ1n) is 6.56. The van der Waals surface area contributed by atoms with Gasteiger partial charge in [-0.15, -0.1) is 0 Å². The molecule has 0 atom stereocenters. The van der Waals surface area contributed by atoms with Crippen molar-refractivity contribution in [2.75, 3.05) is 25.5 Å². The molecule has 1 aromatic heterocycles. The minimum Gasteiger partial charge on any atom is -0.373 e. The zero-order chi connectivity index (χ0) is 13.2. The third-order valence-electron chi connectivity index (χ3n) is 3.53. The Hall–Kier alpha value is -0.800. The number of rotatable bonds is 3. The molecule has 1 aromatic rings. The maximum atomic E-state index is 6.23. The van der Waals surface area contributed by atoms with Crippen LogP contribution in [0.3, 0.4) is 0 Å². The number of hydrogen-bond acceptors (Lipinski definition) is 3. The van der Waals surface area contributed by atoms with Crippen LogP contribution in [0.1, 0.15) is 32.4 Å². The molecular formula is C14H22ClN3. The molecule has 0 aromatic carbocycles. The minimum absolute atomic E-state index is 0.408. The van der Waals surface area contributed by atoms with Crippen LogP contribution in [0.15, 0.2) is 12.1 Å². The summed E-state index contributed by atoms with van der Waals surface area (Å²) in [5.74, 6) is 0.880. The van der Waals surface area contributed by atoms with Gasteiger partial charge in [-0.3, -0.25) is 4.90 Å². The van der Waals surface area contributed by atoms with Gasteiger partial charge in [-0.05, 0) is 36.9 Å². The average molecular weight is 268 g/mol. The number of nitrogens with one attached hydrogen (secondary N) is 1. The largest absolute Gasteiger partial charge is 0.373 e. The van der Waals surface area contributed by atoms with Crippen molar-refractivity contribution < 1.29 is 0 Å². The number of nitrogens with zero attached hydrogens (tertiary/aromatic N) is 2. The van der Waals surface area contributed by atoms with E-state index >= 15 is 0 Å². The van der Waals surface area contributed by atoms with Gasteiger partial charge in [0.15, 0.2) is 0 Å². The number of anilines is 1. The van der Waals surface area contributed by atoms with E-state index in [4.69, 9.17) is 11.6 Å². The summed E-state index contributed by atoms with van der Waals surface area (Å²) in [6.07, 6.45) is 2.57. The van der Waals surface area contributed by atoms with Gasteiger partial charge in [0.05, 0.1) is 10.7 Å². The average Bonchev–Trinajstić information content (AvgIpc) is 2.31. The van der Waals surface area contributed by atoms with Crippen LogP contribution >= 0.6 is 11.6 Å². The molecule has 1 fully saturated rings. The van der Waals surface area contributed by atoms with Gasteiger partial charge in [-0.25, -0.2) is 4.98 Å². The molecule has 0 unspecified atom stereocenters. The third kappa shape index (κ3) is 3.36. The summed E-state index contributed by atoms with van der Waals surface area (Å²) >= 11 is 6.23. The molecule has 1 aliphatic heterocycles. The highest BCUT2D eigenvalue weighted by Crippen LogP contribution is 2.30. The van der Waals surface area contributed by atoms with Crippen molar-refractivity contribution in [1.29, 1.82) is 0 Å². The zero-order valence-electron chi connectivity index (χ0n) is 11.5. The van der Waals surface area contributed by atoms with Gasteiger partial charge >= 0.3 is 0 Å². The van der Waals surface area contributed by atoms with Crippen LogP contribution in [0.4, 0.5) is 5.82 Å². The molecule has 100 valence electrons. The van der Waals surface area contributed by atoms with Gasteiger partial charge in [-0.2, -0.15) is 0 Å². The first-order chi connectivity index (χ1) is 8.50. The lowest BCUT2D eigenvalue weighted by Gasteiger charge is -2.38. The standard InChI is InChI=1S/C14H22ClN3/c1-14(2)7-4-8-18(10-14)9-12-11(15)5-6-13(16-3)17-12/h5-6H,4,7-10H2,1-3H3,(H,16,17). The summed E-state index contributed by atoms with van der Waals surface area (Å²) in [6.45, 7) is 7.77. The Morgan fingerprint density at radius 2 is 2.22 bits per heavy atom. The van der Waals surface area contributed by atoms with Crippen molar-refractivity contribution in [3.8, 4) is 0 Å². The second kappa shape index (κ2) is 5.45. The normalized spacial score (nSPS) is 19.8. The van der Waals surface area contributed by atoms with Gasteiger partial charge < -0.3 is 5.32 Å². The molecule has 0 bridgehead atoms. The molecule has 1 N–H and O–H groups in total. The fourth-order valence-electron chi connectivity index (χ4n) is 2.63. The lowest BCUT2D eigenvalue weighted by molar-refractivity contribution is 0.110. The number of halogens is 1. The van der Waals surface area contributed by atoms with Crippen LogP contribution in [-0.4, -0.2) is 30.0 Å². The predicted octanol–water partition coefficient (Wildman–Crippen LogP) is 3.40. The number of likely N-dealkylation sites (tertiary alicyclic amines) is 1. The van der Waals surface area contributed by atoms with Gasteiger partial charge in [0, 0.05) is 20.1 Å². The van der Waals surface area contributed by atoms with E-state index in [9.17, 15) is 0 Å². The molecule has 0 amide bonds. The first kappa shape index (κ1) is 13.6. The van der Waals surface area contributed by atoms with Crippen molar-refractivity contribution >= 4 is 17.4 Å². The van der Waals surface area contributed by atoms with Crippen molar-refractivity contribution in [1.82, 2.24) is 9.88 Å². The fraction of sp³-hybridized carbons (Fsp3) is 0.643. The Morgan fingerprint density at radius 1 is 1.44 bits per heavy atom. The molecular weight excluding hydrogens is 246 g/mol. The highest BCUT2D eigenvalue weighted by Gasteiger charge is 2.26. The number of piperidine rings is 1. The first-order valence-corrected chi connectivity index (χ1v) is 6.93. The van der Waals surface area contributed by atoms with E-state index in [-0.39, 0.29) is 0 Å². The van der Waals surface area contributed by atoms with Crippen molar-refractivity contribution in [2.45, 2.75) is 33.2 Å². The molecule has 18 heavy (non-hydrogen) atoms.